The third-order valence-electron chi connectivity index (χ3n) is 4.21. The molecule has 118 valence electrons. The first-order valence-electron chi connectivity index (χ1n) is 6.98. The highest BCUT2D eigenvalue weighted by Crippen LogP contribution is 2.38. The summed E-state index contributed by atoms with van der Waals surface area (Å²) in [6.45, 7) is 11.3. The van der Waals surface area contributed by atoms with Gasteiger partial charge in [-0.05, 0) is 40.8 Å². The molecule has 0 aromatic heterocycles. The molecular weight excluding hydrogens is 280 g/mol. The molecule has 7 heteroatoms. The highest BCUT2D eigenvalue weighted by atomic mass is 28.4. The fourth-order valence-electron chi connectivity index (χ4n) is 2.26. The average Bonchev–Trinajstić information content (AvgIpc) is 2.70. The van der Waals surface area contributed by atoms with Gasteiger partial charge in [-0.3, -0.25) is 0 Å². The molecule has 1 unspecified atom stereocenters. The van der Waals surface area contributed by atoms with E-state index < -0.39 is 31.7 Å². The summed E-state index contributed by atoms with van der Waals surface area (Å²) in [5.74, 6) is -0.721. The zero-order valence-electron chi connectivity index (χ0n) is 13.0. The lowest BCUT2D eigenvalue weighted by molar-refractivity contribution is -0.222. The van der Waals surface area contributed by atoms with E-state index in [1.807, 2.05) is 26.9 Å². The highest BCUT2D eigenvalue weighted by molar-refractivity contribution is 6.73. The maximum Gasteiger partial charge on any atom is 0.217 e. The molecule has 4 atom stereocenters. The molecular formula is C13H26O6Si. The maximum atomic E-state index is 10.1. The maximum absolute atomic E-state index is 10.1. The quantitative estimate of drug-likeness (QED) is 0.747. The molecule has 6 nitrogen and oxygen atoms in total. The molecule has 2 aliphatic heterocycles. The van der Waals surface area contributed by atoms with Gasteiger partial charge in [0.25, 0.3) is 0 Å². The highest BCUT2D eigenvalue weighted by Gasteiger charge is 2.55. The second-order valence-corrected chi connectivity index (χ2v) is 11.5. The van der Waals surface area contributed by atoms with Gasteiger partial charge in [0, 0.05) is 0 Å². The summed E-state index contributed by atoms with van der Waals surface area (Å²) in [6.07, 6.45) is -2.20. The van der Waals surface area contributed by atoms with E-state index in [0.29, 0.717) is 0 Å². The zero-order valence-corrected chi connectivity index (χ0v) is 14.0. The van der Waals surface area contributed by atoms with Crippen LogP contribution in [-0.4, -0.2) is 60.8 Å². The molecule has 0 aliphatic carbocycles. The summed E-state index contributed by atoms with van der Waals surface area (Å²) in [5, 5.41) is 19.2. The van der Waals surface area contributed by atoms with Gasteiger partial charge in [0.15, 0.2) is 12.1 Å². The second-order valence-electron chi connectivity index (χ2n) is 7.01. The molecule has 2 aliphatic rings. The van der Waals surface area contributed by atoms with E-state index in [-0.39, 0.29) is 18.8 Å². The summed E-state index contributed by atoms with van der Waals surface area (Å²) < 4.78 is 22.8. The van der Waals surface area contributed by atoms with Crippen LogP contribution in [0, 0.1) is 0 Å². The molecule has 2 saturated heterocycles. The average molecular weight is 306 g/mol. The lowest BCUT2D eigenvalue weighted by atomic mass is 10.1. The van der Waals surface area contributed by atoms with Crippen LogP contribution in [0.15, 0.2) is 0 Å². The van der Waals surface area contributed by atoms with Gasteiger partial charge in [-0.2, -0.15) is 0 Å². The Balaban J connectivity index is 1.98. The standard InChI is InChI=1S/C13H26O6Si/c1-12(2,15)20(5,6)16-7-8-9-10(11(14)17-8)19-13(3,4)18-9/h8-11,14-15H,7H2,1-6H3/t8-,9-,10-,11?/m1/s1. The van der Waals surface area contributed by atoms with E-state index in [9.17, 15) is 10.2 Å². The van der Waals surface area contributed by atoms with E-state index in [0.717, 1.165) is 0 Å². The van der Waals surface area contributed by atoms with Crippen LogP contribution in [0.1, 0.15) is 27.7 Å². The van der Waals surface area contributed by atoms with E-state index >= 15 is 0 Å². The van der Waals surface area contributed by atoms with Gasteiger partial charge in [-0.1, -0.05) is 0 Å². The molecule has 0 bridgehead atoms. The van der Waals surface area contributed by atoms with Crippen LogP contribution < -0.4 is 0 Å². The number of hydrogen-bond acceptors (Lipinski definition) is 6. The minimum Gasteiger partial charge on any atom is -0.412 e. The lowest BCUT2D eigenvalue weighted by Crippen LogP contribution is -2.54. The van der Waals surface area contributed by atoms with E-state index in [4.69, 9.17) is 18.6 Å². The minimum absolute atomic E-state index is 0.279. The van der Waals surface area contributed by atoms with Crippen LogP contribution in [0.3, 0.4) is 0 Å². The van der Waals surface area contributed by atoms with Crippen molar-refractivity contribution in [3.63, 3.8) is 0 Å². The Hall–Kier alpha value is -0.0231. The molecule has 0 amide bonds. The van der Waals surface area contributed by atoms with Crippen LogP contribution in [0.2, 0.25) is 13.1 Å². The van der Waals surface area contributed by atoms with Gasteiger partial charge in [0.1, 0.15) is 18.3 Å². The van der Waals surface area contributed by atoms with Crippen molar-refractivity contribution in [2.75, 3.05) is 6.61 Å². The van der Waals surface area contributed by atoms with Gasteiger partial charge >= 0.3 is 0 Å². The first kappa shape index (κ1) is 16.3. The smallest absolute Gasteiger partial charge is 0.217 e. The Labute approximate surface area is 121 Å². The summed E-state index contributed by atoms with van der Waals surface area (Å²) in [5.41, 5.74) is 0. The van der Waals surface area contributed by atoms with Crippen LogP contribution in [-0.2, 0) is 18.6 Å². The SMILES string of the molecule is CC1(C)O[C@@H]2[C@@H](CO[Si](C)(C)C(C)(C)O)OC(O)[C@@H]2O1. The number of aliphatic hydroxyl groups is 2. The number of ether oxygens (including phenoxy) is 3. The van der Waals surface area contributed by atoms with Gasteiger partial charge in [-0.25, -0.2) is 0 Å². The van der Waals surface area contributed by atoms with Gasteiger partial charge < -0.3 is 28.8 Å². The molecule has 2 N–H and O–H groups in total. The number of fused-ring (bicyclic) bond motifs is 1. The minimum atomic E-state index is -2.28. The van der Waals surface area contributed by atoms with E-state index in [2.05, 4.69) is 0 Å². The van der Waals surface area contributed by atoms with Crippen LogP contribution in [0.5, 0.6) is 0 Å². The Morgan fingerprint density at radius 2 is 1.75 bits per heavy atom. The number of hydrogen-bond donors (Lipinski definition) is 2. The number of rotatable bonds is 4. The molecule has 2 heterocycles. The van der Waals surface area contributed by atoms with Crippen molar-refractivity contribution in [2.45, 2.75) is 76.4 Å². The van der Waals surface area contributed by atoms with Crippen LogP contribution in [0.25, 0.3) is 0 Å². The van der Waals surface area contributed by atoms with E-state index in [1.165, 1.54) is 0 Å². The molecule has 2 rings (SSSR count). The summed E-state index contributed by atoms with van der Waals surface area (Å²) in [6, 6.07) is 0. The molecule has 0 spiro atoms. The third-order valence-corrected chi connectivity index (χ3v) is 8.04. The van der Waals surface area contributed by atoms with Crippen molar-refractivity contribution in [2.24, 2.45) is 0 Å². The third kappa shape index (κ3) is 3.09. The predicted octanol–water partition coefficient (Wildman–Crippen LogP) is 0.755. The fraction of sp³-hybridized carbons (Fsp3) is 1.00. The molecule has 2 fully saturated rings. The Morgan fingerprint density at radius 1 is 1.20 bits per heavy atom. The van der Waals surface area contributed by atoms with Crippen molar-refractivity contribution >= 4 is 8.32 Å². The van der Waals surface area contributed by atoms with Gasteiger partial charge in [-0.15, -0.1) is 0 Å². The monoisotopic (exact) mass is 306 g/mol. The normalized spacial score (nSPS) is 37.2. The molecule has 0 radical (unpaired) electrons. The largest absolute Gasteiger partial charge is 0.412 e. The van der Waals surface area contributed by atoms with Crippen molar-refractivity contribution < 1.29 is 28.8 Å². The summed E-state index contributed by atoms with van der Waals surface area (Å²) in [4.78, 5) is 0. The Kier molecular flexibility index (Phi) is 4.10. The predicted molar refractivity (Wildman–Crippen MR) is 74.4 cm³/mol. The summed E-state index contributed by atoms with van der Waals surface area (Å²) >= 11 is 0. The van der Waals surface area contributed by atoms with Gasteiger partial charge in [0.2, 0.25) is 8.32 Å². The van der Waals surface area contributed by atoms with E-state index in [1.54, 1.807) is 13.8 Å². The topological polar surface area (TPSA) is 77.4 Å². The molecule has 20 heavy (non-hydrogen) atoms. The fourth-order valence-corrected chi connectivity index (χ4v) is 3.19. The van der Waals surface area contributed by atoms with Crippen molar-refractivity contribution in [1.82, 2.24) is 0 Å². The van der Waals surface area contributed by atoms with Crippen molar-refractivity contribution in [3.8, 4) is 0 Å². The molecule has 0 aromatic rings. The lowest BCUT2D eigenvalue weighted by Gasteiger charge is -2.35. The van der Waals surface area contributed by atoms with Crippen LogP contribution >= 0.6 is 0 Å². The van der Waals surface area contributed by atoms with Crippen molar-refractivity contribution in [3.05, 3.63) is 0 Å². The number of aliphatic hydroxyl groups excluding tert-OH is 1. The first-order chi connectivity index (χ1) is 8.93. The van der Waals surface area contributed by atoms with Crippen LogP contribution in [0.4, 0.5) is 0 Å². The Bertz CT molecular complexity index is 364. The Morgan fingerprint density at radius 3 is 2.30 bits per heavy atom. The molecule has 0 saturated carbocycles. The summed E-state index contributed by atoms with van der Waals surface area (Å²) in [7, 11) is -2.28. The van der Waals surface area contributed by atoms with Crippen molar-refractivity contribution in [1.29, 1.82) is 0 Å². The second kappa shape index (κ2) is 5.01. The molecule has 0 aromatic carbocycles. The van der Waals surface area contributed by atoms with Gasteiger partial charge in [0.05, 0.1) is 11.8 Å². The zero-order chi connectivity index (χ0) is 15.3. The first-order valence-corrected chi connectivity index (χ1v) is 9.89.